The molecule has 0 saturated carbocycles. The number of carbonyl (C=O) groups is 1. The van der Waals surface area contributed by atoms with Gasteiger partial charge in [-0.15, -0.1) is 0 Å². The maximum absolute atomic E-state index is 13.0. The highest BCUT2D eigenvalue weighted by Crippen LogP contribution is 2.13. The number of aryl methyl sites for hydroxylation is 2. The van der Waals surface area contributed by atoms with E-state index in [1.165, 1.54) is 12.1 Å². The number of Topliss-reactive ketones (excluding diaryl/α,β-unsaturated/α-hetero) is 1. The molecule has 0 unspecified atom stereocenters. The molecule has 0 spiro atoms. The van der Waals surface area contributed by atoms with Crippen molar-refractivity contribution in [1.82, 2.24) is 0 Å². The molecule has 0 aliphatic rings. The average molecular weight is 310 g/mol. The Morgan fingerprint density at radius 2 is 1.09 bits per heavy atom. The van der Waals surface area contributed by atoms with Crippen LogP contribution in [0.2, 0.25) is 0 Å². The first kappa shape index (κ1) is 16.2. The second-order valence-electron chi connectivity index (χ2n) is 5.04. The highest BCUT2D eigenvalue weighted by Gasteiger charge is 2.08. The van der Waals surface area contributed by atoms with Crippen LogP contribution < -0.4 is 0 Å². The van der Waals surface area contributed by atoms with Crippen molar-refractivity contribution in [3.63, 3.8) is 0 Å². The zero-order valence-corrected chi connectivity index (χ0v) is 11.7. The van der Waals surface area contributed by atoms with Gasteiger partial charge in [-0.05, 0) is 48.2 Å². The summed E-state index contributed by atoms with van der Waals surface area (Å²) in [6.45, 7) is 0. The lowest BCUT2D eigenvalue weighted by Gasteiger charge is -2.04. The molecule has 0 aromatic heterocycles. The maximum atomic E-state index is 13.0. The summed E-state index contributed by atoms with van der Waals surface area (Å²) in [5.41, 5.74) is 1.08. The summed E-state index contributed by atoms with van der Waals surface area (Å²) in [6, 6.07) is 7.05. The Morgan fingerprint density at radius 3 is 1.45 bits per heavy atom. The first-order valence-electron chi connectivity index (χ1n) is 6.85. The molecule has 2 aromatic carbocycles. The largest absolute Gasteiger partial charge is 0.300 e. The van der Waals surface area contributed by atoms with Crippen molar-refractivity contribution in [2.75, 3.05) is 0 Å². The molecule has 0 fully saturated rings. The van der Waals surface area contributed by atoms with Gasteiger partial charge in [-0.1, -0.05) is 12.1 Å². The van der Waals surface area contributed by atoms with Gasteiger partial charge in [0.2, 0.25) is 0 Å². The molecule has 0 amide bonds. The van der Waals surface area contributed by atoms with E-state index in [2.05, 4.69) is 0 Å². The predicted molar refractivity (Wildman–Crippen MR) is 74.4 cm³/mol. The van der Waals surface area contributed by atoms with Gasteiger partial charge in [-0.25, -0.2) is 17.6 Å². The van der Waals surface area contributed by atoms with Crippen LogP contribution in [-0.2, 0) is 17.6 Å². The Balaban J connectivity index is 1.82. The molecule has 0 N–H and O–H groups in total. The Bertz CT molecular complexity index is 625. The molecule has 0 aliphatic heterocycles. The Hall–Kier alpha value is -2.17. The summed E-state index contributed by atoms with van der Waals surface area (Å²) in [6.07, 6.45) is 1.01. The Kier molecular flexibility index (Phi) is 5.31. The van der Waals surface area contributed by atoms with Gasteiger partial charge in [0.1, 0.15) is 5.78 Å². The van der Waals surface area contributed by atoms with Crippen molar-refractivity contribution >= 4 is 5.78 Å². The van der Waals surface area contributed by atoms with Gasteiger partial charge in [0.25, 0.3) is 0 Å². The number of hydrogen-bond acceptors (Lipinski definition) is 1. The lowest BCUT2D eigenvalue weighted by Crippen LogP contribution is -2.03. The highest BCUT2D eigenvalue weighted by molar-refractivity contribution is 5.78. The van der Waals surface area contributed by atoms with E-state index in [4.69, 9.17) is 0 Å². The lowest BCUT2D eigenvalue weighted by atomic mass is 10.0. The highest BCUT2D eigenvalue weighted by atomic mass is 19.2. The van der Waals surface area contributed by atoms with Crippen molar-refractivity contribution in [3.05, 3.63) is 70.8 Å². The van der Waals surface area contributed by atoms with E-state index in [-0.39, 0.29) is 18.6 Å². The van der Waals surface area contributed by atoms with Gasteiger partial charge in [0.15, 0.2) is 23.3 Å². The SMILES string of the molecule is O=C(CCc1ccc(F)c(F)c1)CCc1ccc(F)c(F)c1. The van der Waals surface area contributed by atoms with Crippen molar-refractivity contribution in [3.8, 4) is 0 Å². The monoisotopic (exact) mass is 310 g/mol. The third-order valence-corrected chi connectivity index (χ3v) is 3.35. The molecule has 0 radical (unpaired) electrons. The second-order valence-corrected chi connectivity index (χ2v) is 5.04. The summed E-state index contributed by atoms with van der Waals surface area (Å²) in [5.74, 6) is -3.80. The normalized spacial score (nSPS) is 10.7. The van der Waals surface area contributed by atoms with Crippen LogP contribution in [0, 0.1) is 23.3 Å². The molecule has 5 heteroatoms. The smallest absolute Gasteiger partial charge is 0.159 e. The number of halogens is 4. The summed E-state index contributed by atoms with van der Waals surface area (Å²) < 4.78 is 51.6. The van der Waals surface area contributed by atoms with Crippen molar-refractivity contribution < 1.29 is 22.4 Å². The quantitative estimate of drug-likeness (QED) is 0.724. The molecule has 0 bridgehead atoms. The van der Waals surface area contributed by atoms with Crippen LogP contribution >= 0.6 is 0 Å². The van der Waals surface area contributed by atoms with Gasteiger partial charge in [-0.3, -0.25) is 4.79 Å². The molecule has 2 aromatic rings. The van der Waals surface area contributed by atoms with Crippen LogP contribution in [0.5, 0.6) is 0 Å². The van der Waals surface area contributed by atoms with E-state index in [1.54, 1.807) is 0 Å². The number of carbonyl (C=O) groups excluding carboxylic acids is 1. The van der Waals surface area contributed by atoms with Gasteiger partial charge in [0.05, 0.1) is 0 Å². The molecular formula is C17H14F4O. The van der Waals surface area contributed by atoms with Crippen molar-refractivity contribution in [2.24, 2.45) is 0 Å². The van der Waals surface area contributed by atoms with Crippen LogP contribution in [0.1, 0.15) is 24.0 Å². The standard InChI is InChI=1S/C17H14F4O/c18-14-7-3-11(9-16(14)20)1-5-13(22)6-2-12-4-8-15(19)17(21)10-12/h3-4,7-10H,1-2,5-6H2. The summed E-state index contributed by atoms with van der Waals surface area (Å²) in [7, 11) is 0. The molecule has 116 valence electrons. The predicted octanol–water partition coefficient (Wildman–Crippen LogP) is 4.38. The van der Waals surface area contributed by atoms with Gasteiger partial charge < -0.3 is 0 Å². The van der Waals surface area contributed by atoms with Crippen LogP contribution in [-0.4, -0.2) is 5.78 Å². The van der Waals surface area contributed by atoms with E-state index in [0.29, 0.717) is 24.0 Å². The first-order chi connectivity index (χ1) is 10.5. The van der Waals surface area contributed by atoms with E-state index in [1.807, 2.05) is 0 Å². The molecule has 0 saturated heterocycles. The molecule has 2 rings (SSSR count). The average Bonchev–Trinajstić information content (AvgIpc) is 2.49. The van der Waals surface area contributed by atoms with Gasteiger partial charge >= 0.3 is 0 Å². The van der Waals surface area contributed by atoms with E-state index in [9.17, 15) is 22.4 Å². The van der Waals surface area contributed by atoms with Gasteiger partial charge in [0, 0.05) is 12.8 Å². The number of benzene rings is 2. The van der Waals surface area contributed by atoms with Crippen LogP contribution in [0.4, 0.5) is 17.6 Å². The Morgan fingerprint density at radius 1 is 0.682 bits per heavy atom. The molecule has 1 nitrogen and oxygen atoms in total. The van der Waals surface area contributed by atoms with Crippen molar-refractivity contribution in [1.29, 1.82) is 0 Å². The maximum Gasteiger partial charge on any atom is 0.159 e. The summed E-state index contributed by atoms with van der Waals surface area (Å²) in [4.78, 5) is 11.8. The van der Waals surface area contributed by atoms with E-state index >= 15 is 0 Å². The minimum atomic E-state index is -0.938. The number of hydrogen-bond donors (Lipinski definition) is 0. The Labute approximate surface area is 125 Å². The number of rotatable bonds is 6. The minimum absolute atomic E-state index is 0.0746. The lowest BCUT2D eigenvalue weighted by molar-refractivity contribution is -0.119. The fourth-order valence-corrected chi connectivity index (χ4v) is 2.08. The van der Waals surface area contributed by atoms with Crippen molar-refractivity contribution in [2.45, 2.75) is 25.7 Å². The zero-order chi connectivity index (χ0) is 16.1. The molecule has 22 heavy (non-hydrogen) atoms. The summed E-state index contributed by atoms with van der Waals surface area (Å²) >= 11 is 0. The molecule has 0 heterocycles. The van der Waals surface area contributed by atoms with E-state index < -0.39 is 23.3 Å². The third-order valence-electron chi connectivity index (χ3n) is 3.35. The fraction of sp³-hybridized carbons (Fsp3) is 0.235. The topological polar surface area (TPSA) is 17.1 Å². The second kappa shape index (κ2) is 7.20. The minimum Gasteiger partial charge on any atom is -0.300 e. The molecule has 0 atom stereocenters. The molecular weight excluding hydrogens is 296 g/mol. The van der Waals surface area contributed by atoms with Crippen LogP contribution in [0.15, 0.2) is 36.4 Å². The fourth-order valence-electron chi connectivity index (χ4n) is 2.08. The molecule has 0 aliphatic carbocycles. The zero-order valence-electron chi connectivity index (χ0n) is 11.7. The third kappa shape index (κ3) is 4.41. The summed E-state index contributed by atoms with van der Waals surface area (Å²) in [5, 5.41) is 0. The number of ketones is 1. The van der Waals surface area contributed by atoms with Crippen LogP contribution in [0.25, 0.3) is 0 Å². The van der Waals surface area contributed by atoms with Crippen LogP contribution in [0.3, 0.4) is 0 Å². The van der Waals surface area contributed by atoms with E-state index in [0.717, 1.165) is 24.3 Å². The first-order valence-corrected chi connectivity index (χ1v) is 6.85. The van der Waals surface area contributed by atoms with Gasteiger partial charge in [-0.2, -0.15) is 0 Å².